The van der Waals surface area contributed by atoms with Crippen LogP contribution >= 0.6 is 0 Å². The van der Waals surface area contributed by atoms with Gasteiger partial charge in [0.25, 0.3) is 0 Å². The van der Waals surface area contributed by atoms with Gasteiger partial charge in [0.1, 0.15) is 5.54 Å². The molecule has 3 atom stereocenters. The van der Waals surface area contributed by atoms with Crippen LogP contribution in [0.15, 0.2) is 0 Å². The van der Waals surface area contributed by atoms with Crippen molar-refractivity contribution in [3.8, 4) is 0 Å². The third-order valence-corrected chi connectivity index (χ3v) is 4.41. The third-order valence-electron chi connectivity index (χ3n) is 4.41. The van der Waals surface area contributed by atoms with Crippen LogP contribution in [0.5, 0.6) is 0 Å². The zero-order valence-corrected chi connectivity index (χ0v) is 10.7. The Morgan fingerprint density at radius 2 is 2.24 bits per heavy atom. The highest BCUT2D eigenvalue weighted by Crippen LogP contribution is 2.33. The number of carbonyl (C=O) groups excluding carboxylic acids is 1. The molecular weight excluding hydrogens is 216 g/mol. The Morgan fingerprint density at radius 3 is 2.82 bits per heavy atom. The Hall–Kier alpha value is -0.610. The Bertz CT molecular complexity index is 277. The fourth-order valence-corrected chi connectivity index (χ4v) is 3.16. The van der Waals surface area contributed by atoms with Gasteiger partial charge in [-0.15, -0.1) is 0 Å². The molecule has 0 spiro atoms. The lowest BCUT2D eigenvalue weighted by Crippen LogP contribution is -2.62. The van der Waals surface area contributed by atoms with E-state index in [9.17, 15) is 4.79 Å². The van der Waals surface area contributed by atoms with Gasteiger partial charge in [0.2, 0.25) is 5.91 Å². The number of primary amides is 1. The molecule has 1 saturated heterocycles. The van der Waals surface area contributed by atoms with Gasteiger partial charge in [-0.05, 0) is 31.6 Å². The summed E-state index contributed by atoms with van der Waals surface area (Å²) in [7, 11) is 0. The summed E-state index contributed by atoms with van der Waals surface area (Å²) in [6.07, 6.45) is 6.74. The van der Waals surface area contributed by atoms with Gasteiger partial charge in [0, 0.05) is 13.2 Å². The van der Waals surface area contributed by atoms with E-state index in [0.717, 1.165) is 45.3 Å². The number of hydrogen-bond donors (Lipinski definition) is 2. The molecule has 1 heterocycles. The summed E-state index contributed by atoms with van der Waals surface area (Å²) in [4.78, 5) is 11.8. The highest BCUT2D eigenvalue weighted by Gasteiger charge is 2.43. The fraction of sp³-hybridized carbons (Fsp3) is 0.923. The molecule has 1 saturated carbocycles. The molecule has 2 aliphatic rings. The van der Waals surface area contributed by atoms with Gasteiger partial charge >= 0.3 is 0 Å². The molecule has 0 aromatic rings. The van der Waals surface area contributed by atoms with E-state index >= 15 is 0 Å². The molecule has 0 bridgehead atoms. The van der Waals surface area contributed by atoms with Gasteiger partial charge < -0.3 is 15.8 Å². The number of ether oxygens (including phenoxy) is 1. The predicted molar refractivity (Wildman–Crippen MR) is 66.5 cm³/mol. The average Bonchev–Trinajstić information content (AvgIpc) is 2.81. The molecule has 3 unspecified atom stereocenters. The van der Waals surface area contributed by atoms with Gasteiger partial charge in [-0.2, -0.15) is 0 Å². The zero-order valence-electron chi connectivity index (χ0n) is 10.7. The maximum Gasteiger partial charge on any atom is 0.238 e. The van der Waals surface area contributed by atoms with E-state index in [0.29, 0.717) is 5.92 Å². The smallest absolute Gasteiger partial charge is 0.238 e. The minimum Gasteiger partial charge on any atom is -0.377 e. The second-order valence-corrected chi connectivity index (χ2v) is 5.50. The van der Waals surface area contributed by atoms with Gasteiger partial charge in [-0.3, -0.25) is 4.79 Å². The summed E-state index contributed by atoms with van der Waals surface area (Å²) in [6.45, 7) is 3.74. The van der Waals surface area contributed by atoms with Crippen LogP contribution in [0.4, 0.5) is 0 Å². The first-order valence-electron chi connectivity index (χ1n) is 6.82. The van der Waals surface area contributed by atoms with Gasteiger partial charge in [0.15, 0.2) is 0 Å². The summed E-state index contributed by atoms with van der Waals surface area (Å²) in [5, 5.41) is 3.43. The Labute approximate surface area is 103 Å². The van der Waals surface area contributed by atoms with Crippen molar-refractivity contribution < 1.29 is 9.53 Å². The third kappa shape index (κ3) is 2.63. The van der Waals surface area contributed by atoms with Crippen molar-refractivity contribution in [2.24, 2.45) is 11.7 Å². The molecular formula is C13H24N2O2. The van der Waals surface area contributed by atoms with Gasteiger partial charge in [-0.25, -0.2) is 0 Å². The normalized spacial score (nSPS) is 38.2. The highest BCUT2D eigenvalue weighted by atomic mass is 16.5. The second kappa shape index (κ2) is 5.36. The van der Waals surface area contributed by atoms with Crippen molar-refractivity contribution in [1.29, 1.82) is 0 Å². The molecule has 17 heavy (non-hydrogen) atoms. The second-order valence-electron chi connectivity index (χ2n) is 5.50. The SMILES string of the molecule is CC1CCCCC1(NCC1CCCO1)C(N)=O. The Kier molecular flexibility index (Phi) is 4.05. The molecule has 4 nitrogen and oxygen atoms in total. The number of rotatable bonds is 4. The molecule has 2 rings (SSSR count). The first-order valence-corrected chi connectivity index (χ1v) is 6.82. The lowest BCUT2D eigenvalue weighted by atomic mass is 9.73. The standard InChI is InChI=1S/C13H24N2O2/c1-10-5-2-3-7-13(10,12(14)16)15-9-11-6-4-8-17-11/h10-11,15H,2-9H2,1H3,(H2,14,16). The Balaban J connectivity index is 1.97. The van der Waals surface area contributed by atoms with E-state index in [2.05, 4.69) is 12.2 Å². The van der Waals surface area contributed by atoms with Crippen molar-refractivity contribution in [2.45, 2.75) is 57.1 Å². The molecule has 0 radical (unpaired) electrons. The van der Waals surface area contributed by atoms with E-state index in [-0.39, 0.29) is 12.0 Å². The Morgan fingerprint density at radius 1 is 1.41 bits per heavy atom. The van der Waals surface area contributed by atoms with Crippen LogP contribution in [0.3, 0.4) is 0 Å². The minimum atomic E-state index is -0.496. The molecule has 2 fully saturated rings. The molecule has 1 aliphatic carbocycles. The maximum atomic E-state index is 11.8. The summed E-state index contributed by atoms with van der Waals surface area (Å²) in [5.41, 5.74) is 5.14. The summed E-state index contributed by atoms with van der Waals surface area (Å²) < 4.78 is 5.59. The van der Waals surface area contributed by atoms with Crippen molar-refractivity contribution in [3.05, 3.63) is 0 Å². The van der Waals surface area contributed by atoms with E-state index < -0.39 is 5.54 Å². The number of amides is 1. The van der Waals surface area contributed by atoms with Crippen LogP contribution in [0, 0.1) is 5.92 Å². The first kappa shape index (κ1) is 12.8. The van der Waals surface area contributed by atoms with Crippen LogP contribution in [0.2, 0.25) is 0 Å². The number of nitrogens with one attached hydrogen (secondary N) is 1. The molecule has 3 N–H and O–H groups in total. The monoisotopic (exact) mass is 240 g/mol. The molecule has 4 heteroatoms. The predicted octanol–water partition coefficient (Wildman–Crippen LogP) is 1.19. The first-order chi connectivity index (χ1) is 8.15. The van der Waals surface area contributed by atoms with Crippen LogP contribution in [-0.2, 0) is 9.53 Å². The van der Waals surface area contributed by atoms with E-state index in [1.54, 1.807) is 0 Å². The average molecular weight is 240 g/mol. The number of nitrogens with two attached hydrogens (primary N) is 1. The lowest BCUT2D eigenvalue weighted by Gasteiger charge is -2.41. The lowest BCUT2D eigenvalue weighted by molar-refractivity contribution is -0.128. The van der Waals surface area contributed by atoms with E-state index in [1.165, 1.54) is 6.42 Å². The van der Waals surface area contributed by atoms with Crippen LogP contribution in [0.1, 0.15) is 45.4 Å². The van der Waals surface area contributed by atoms with Crippen molar-refractivity contribution >= 4 is 5.91 Å². The molecule has 0 aromatic heterocycles. The van der Waals surface area contributed by atoms with Crippen molar-refractivity contribution in [2.75, 3.05) is 13.2 Å². The van der Waals surface area contributed by atoms with E-state index in [4.69, 9.17) is 10.5 Å². The van der Waals surface area contributed by atoms with Gasteiger partial charge in [-0.1, -0.05) is 19.8 Å². The van der Waals surface area contributed by atoms with Crippen LogP contribution in [0.25, 0.3) is 0 Å². The minimum absolute atomic E-state index is 0.192. The summed E-state index contributed by atoms with van der Waals surface area (Å²) in [6, 6.07) is 0. The van der Waals surface area contributed by atoms with Gasteiger partial charge in [0.05, 0.1) is 6.10 Å². The van der Waals surface area contributed by atoms with Crippen LogP contribution in [-0.4, -0.2) is 30.7 Å². The van der Waals surface area contributed by atoms with Crippen molar-refractivity contribution in [1.82, 2.24) is 5.32 Å². The quantitative estimate of drug-likeness (QED) is 0.776. The zero-order chi connectivity index (χ0) is 12.3. The number of hydrogen-bond acceptors (Lipinski definition) is 3. The van der Waals surface area contributed by atoms with Crippen molar-refractivity contribution in [3.63, 3.8) is 0 Å². The summed E-state index contributed by atoms with van der Waals surface area (Å²) >= 11 is 0. The summed E-state index contributed by atoms with van der Waals surface area (Å²) in [5.74, 6) is 0.137. The number of carbonyl (C=O) groups is 1. The van der Waals surface area contributed by atoms with E-state index in [1.807, 2.05) is 0 Å². The van der Waals surface area contributed by atoms with Crippen LogP contribution < -0.4 is 11.1 Å². The molecule has 98 valence electrons. The highest BCUT2D eigenvalue weighted by molar-refractivity contribution is 5.85. The molecule has 1 aliphatic heterocycles. The topological polar surface area (TPSA) is 64.3 Å². The maximum absolute atomic E-state index is 11.8. The molecule has 0 aromatic carbocycles. The largest absolute Gasteiger partial charge is 0.377 e. The molecule has 1 amide bonds. The fourth-order valence-electron chi connectivity index (χ4n) is 3.16.